The Kier molecular flexibility index (Phi) is 26.1. The summed E-state index contributed by atoms with van der Waals surface area (Å²) < 4.78 is 40.5. The molecular weight excluding hydrogens is 789 g/mol. The van der Waals surface area contributed by atoms with Crippen LogP contribution >= 0.6 is 7.82 Å². The number of phosphoric acid groups is 1. The lowest BCUT2D eigenvalue weighted by atomic mass is 9.89. The molecule has 1 unspecified atom stereocenters. The normalized spacial score (nSPS) is 20.5. The van der Waals surface area contributed by atoms with Gasteiger partial charge in [-0.25, -0.2) is 4.57 Å². The number of aryl methyl sites for hydroxylation is 2. The number of carbonyl (C=O) groups excluding carboxylic acids is 2. The molecule has 2 rings (SSSR count). The molecule has 346 valence electrons. The molecule has 0 radical (unpaired) electrons. The van der Waals surface area contributed by atoms with Gasteiger partial charge in [0.2, 0.25) is 0 Å². The number of hydrogen-bond donors (Lipinski definition) is 4. The van der Waals surface area contributed by atoms with Crippen LogP contribution in [0.2, 0.25) is 0 Å². The van der Waals surface area contributed by atoms with Crippen LogP contribution in [0.4, 0.5) is 0 Å². The maximum Gasteiger partial charge on any atom is 0.472 e. The smallest absolute Gasteiger partial charge is 0.466 e. The van der Waals surface area contributed by atoms with Gasteiger partial charge < -0.3 is 38.6 Å². The summed E-state index contributed by atoms with van der Waals surface area (Å²) in [6.45, 7) is 8.15. The lowest BCUT2D eigenvalue weighted by molar-refractivity contribution is -0.870. The highest BCUT2D eigenvalue weighted by Crippen LogP contribution is 2.43. The first kappa shape index (κ1) is 53.8. The van der Waals surface area contributed by atoms with Crippen LogP contribution in [0.25, 0.3) is 0 Å². The first-order chi connectivity index (χ1) is 28.5. The van der Waals surface area contributed by atoms with E-state index in [0.717, 1.165) is 82.1 Å². The number of ether oxygens (including phenoxy) is 2. The van der Waals surface area contributed by atoms with Gasteiger partial charge in [-0.3, -0.25) is 18.6 Å². The number of phosphoric ester groups is 1. The van der Waals surface area contributed by atoms with Gasteiger partial charge >= 0.3 is 19.8 Å². The molecule has 0 saturated heterocycles. The third-order valence-electron chi connectivity index (χ3n) is 11.3. The van der Waals surface area contributed by atoms with Crippen molar-refractivity contribution < 1.29 is 61.8 Å². The number of likely N-dealkylation sites (N-methyl/N-ethyl adjacent to an activating group) is 1. The molecule has 7 atom stereocenters. The van der Waals surface area contributed by atoms with Gasteiger partial charge in [0.05, 0.1) is 52.5 Å². The molecule has 1 aromatic rings. The van der Waals surface area contributed by atoms with Crippen molar-refractivity contribution in [2.45, 2.75) is 174 Å². The van der Waals surface area contributed by atoms with Crippen molar-refractivity contribution in [2.24, 2.45) is 11.8 Å². The molecule has 4 N–H and O–H groups in total. The van der Waals surface area contributed by atoms with Gasteiger partial charge in [-0.2, -0.15) is 0 Å². The highest BCUT2D eigenvalue weighted by Gasteiger charge is 2.39. The maximum atomic E-state index is 12.9. The molecule has 13 nitrogen and oxygen atoms in total. The Morgan fingerprint density at radius 2 is 1.45 bits per heavy atom. The minimum absolute atomic E-state index is 0.0339. The predicted molar refractivity (Wildman–Crippen MR) is 234 cm³/mol. The fourth-order valence-electron chi connectivity index (χ4n) is 7.34. The van der Waals surface area contributed by atoms with E-state index in [-0.39, 0.29) is 44.3 Å². The Morgan fingerprint density at radius 1 is 0.833 bits per heavy atom. The van der Waals surface area contributed by atoms with Crippen LogP contribution in [0, 0.1) is 25.7 Å². The lowest BCUT2D eigenvalue weighted by Gasteiger charge is -2.24. The number of furan rings is 1. The second-order valence-corrected chi connectivity index (χ2v) is 19.1. The fourth-order valence-corrected chi connectivity index (χ4v) is 8.08. The SMILES string of the molecule is CCCCCc1oc(CCCCCCCCC(=O)OC[C@H](COP(=O)(O)OCC[N+](C)(C)C)OC(=O)C/C=C\C[C@H]2[C@@H](/C=C/[C@H](O)CCCCC)[C@H](O)C[C@@H]2O)c(C)c1C. The van der Waals surface area contributed by atoms with Gasteiger partial charge in [0.25, 0.3) is 0 Å². The molecule has 14 heteroatoms. The van der Waals surface area contributed by atoms with Crippen molar-refractivity contribution in [3.8, 4) is 0 Å². The molecule has 0 spiro atoms. The lowest BCUT2D eigenvalue weighted by Crippen LogP contribution is -2.37. The zero-order chi connectivity index (χ0) is 44.6. The summed E-state index contributed by atoms with van der Waals surface area (Å²) in [6.07, 6.45) is 19.1. The molecule has 0 bridgehead atoms. The van der Waals surface area contributed by atoms with E-state index in [9.17, 15) is 34.4 Å². The van der Waals surface area contributed by atoms with Crippen molar-refractivity contribution in [3.05, 3.63) is 47.0 Å². The molecule has 1 aliphatic rings. The standard InChI is InChI=1S/C46H80NO12P/c1-8-10-16-22-37(48)28-29-40-39(41(49)32-42(40)50)23-20-21-27-46(52)58-38(34-57-60(53,54)56-31-30-47(5,6)7)33-55-45(51)26-19-15-13-12-14-18-25-44-36(4)35(3)43(59-44)24-17-11-9-2/h20-21,28-29,37-42,48-50H,8-19,22-27,30-34H2,1-7H3/p+1/b21-20-,29-28+/t37-,38-,39+,40-,41+,42-/m1/s1. The number of allylic oxidation sites excluding steroid dienone is 1. The number of hydrogen-bond acceptors (Lipinski definition) is 11. The molecule has 0 aliphatic heterocycles. The van der Waals surface area contributed by atoms with E-state index >= 15 is 0 Å². The van der Waals surface area contributed by atoms with Crippen molar-refractivity contribution in [1.29, 1.82) is 0 Å². The largest absolute Gasteiger partial charge is 0.472 e. The molecule has 0 aromatic carbocycles. The van der Waals surface area contributed by atoms with E-state index < -0.39 is 50.8 Å². The number of esters is 2. The first-order valence-corrected chi connectivity index (χ1v) is 24.2. The minimum atomic E-state index is -4.49. The summed E-state index contributed by atoms with van der Waals surface area (Å²) in [5, 5.41) is 31.5. The van der Waals surface area contributed by atoms with E-state index in [4.69, 9.17) is 22.9 Å². The minimum Gasteiger partial charge on any atom is -0.466 e. The number of aliphatic hydroxyl groups excluding tert-OH is 3. The Labute approximate surface area is 361 Å². The Morgan fingerprint density at radius 3 is 2.10 bits per heavy atom. The van der Waals surface area contributed by atoms with Gasteiger partial charge in [0, 0.05) is 31.6 Å². The Hall–Kier alpha value is -2.35. The van der Waals surface area contributed by atoms with Gasteiger partial charge in [0.15, 0.2) is 6.10 Å². The summed E-state index contributed by atoms with van der Waals surface area (Å²) in [4.78, 5) is 35.8. The number of unbranched alkanes of at least 4 members (excludes halogenated alkanes) is 9. The van der Waals surface area contributed by atoms with Crippen molar-refractivity contribution in [1.82, 2.24) is 0 Å². The number of quaternary nitrogens is 1. The third kappa shape index (κ3) is 22.7. The van der Waals surface area contributed by atoms with Crippen LogP contribution < -0.4 is 0 Å². The van der Waals surface area contributed by atoms with Crippen LogP contribution in [-0.4, -0.2) is 109 Å². The van der Waals surface area contributed by atoms with Crippen molar-refractivity contribution in [3.63, 3.8) is 0 Å². The summed E-state index contributed by atoms with van der Waals surface area (Å²) in [7, 11) is 1.25. The molecule has 1 aliphatic carbocycles. The van der Waals surface area contributed by atoms with E-state index in [0.29, 0.717) is 30.3 Å². The predicted octanol–water partition coefficient (Wildman–Crippen LogP) is 8.39. The van der Waals surface area contributed by atoms with Gasteiger partial charge in [-0.1, -0.05) is 95.9 Å². The monoisotopic (exact) mass is 871 g/mol. The van der Waals surface area contributed by atoms with Crippen LogP contribution in [0.15, 0.2) is 28.7 Å². The topological polar surface area (TPSA) is 182 Å². The zero-order valence-electron chi connectivity index (χ0n) is 38.0. The summed E-state index contributed by atoms with van der Waals surface area (Å²) in [6, 6.07) is 0. The molecule has 1 saturated carbocycles. The van der Waals surface area contributed by atoms with Gasteiger partial charge in [0.1, 0.15) is 31.3 Å². The average Bonchev–Trinajstić information content (AvgIpc) is 3.61. The van der Waals surface area contributed by atoms with E-state index in [1.54, 1.807) is 24.3 Å². The van der Waals surface area contributed by atoms with Crippen LogP contribution in [0.1, 0.15) is 146 Å². The Balaban J connectivity index is 1.83. The number of rotatable bonds is 33. The van der Waals surface area contributed by atoms with Crippen molar-refractivity contribution >= 4 is 19.8 Å². The summed E-state index contributed by atoms with van der Waals surface area (Å²) in [5.41, 5.74) is 2.57. The molecular formula is C46H81NO12P+. The number of nitrogens with zero attached hydrogens (tertiary/aromatic N) is 1. The molecule has 1 aromatic heterocycles. The van der Waals surface area contributed by atoms with Crippen LogP contribution in [0.3, 0.4) is 0 Å². The molecule has 1 heterocycles. The maximum absolute atomic E-state index is 12.9. The Bertz CT molecular complexity index is 1470. The average molecular weight is 871 g/mol. The highest BCUT2D eigenvalue weighted by molar-refractivity contribution is 7.47. The molecule has 1 fully saturated rings. The second kappa shape index (κ2) is 29.1. The highest BCUT2D eigenvalue weighted by atomic mass is 31.2. The third-order valence-corrected chi connectivity index (χ3v) is 12.3. The quantitative estimate of drug-likeness (QED) is 0.0174. The fraction of sp³-hybridized carbons (Fsp3) is 0.783. The first-order valence-electron chi connectivity index (χ1n) is 22.7. The summed E-state index contributed by atoms with van der Waals surface area (Å²) in [5.74, 6) is 0.475. The van der Waals surface area contributed by atoms with Crippen molar-refractivity contribution in [2.75, 3.05) is 47.5 Å². The number of carbonyl (C=O) groups is 2. The number of aliphatic hydroxyl groups is 3. The second-order valence-electron chi connectivity index (χ2n) is 17.7. The molecule has 60 heavy (non-hydrogen) atoms. The zero-order valence-corrected chi connectivity index (χ0v) is 38.9. The molecule has 0 amide bonds. The van der Waals surface area contributed by atoms with Crippen LogP contribution in [-0.2, 0) is 45.5 Å². The van der Waals surface area contributed by atoms with Crippen LogP contribution in [0.5, 0.6) is 0 Å². The van der Waals surface area contributed by atoms with Gasteiger partial charge in [-0.05, 0) is 63.0 Å². The van der Waals surface area contributed by atoms with E-state index in [1.165, 1.54) is 24.0 Å². The van der Waals surface area contributed by atoms with E-state index in [1.807, 2.05) is 21.1 Å². The van der Waals surface area contributed by atoms with Gasteiger partial charge in [-0.15, -0.1) is 0 Å². The summed E-state index contributed by atoms with van der Waals surface area (Å²) >= 11 is 0. The van der Waals surface area contributed by atoms with E-state index in [2.05, 4.69) is 27.7 Å².